The van der Waals surface area contributed by atoms with Crippen LogP contribution in [0.4, 0.5) is 0 Å². The molecule has 2 nitrogen and oxygen atoms in total. The van der Waals surface area contributed by atoms with E-state index in [1.807, 2.05) is 12.1 Å². The lowest BCUT2D eigenvalue weighted by atomic mass is 9.95. The molecule has 0 saturated carbocycles. The van der Waals surface area contributed by atoms with Crippen molar-refractivity contribution < 1.29 is 4.74 Å². The molecule has 2 rings (SSSR count). The largest absolute Gasteiger partial charge is 0.493 e. The minimum absolute atomic E-state index is 0.357. The molecule has 0 aliphatic heterocycles. The molecule has 0 fully saturated rings. The predicted octanol–water partition coefficient (Wildman–Crippen LogP) is 4.12. The van der Waals surface area contributed by atoms with Gasteiger partial charge in [0.05, 0.1) is 6.61 Å². The normalized spacial score (nSPS) is 12.2. The van der Waals surface area contributed by atoms with Gasteiger partial charge in [-0.15, -0.1) is 0 Å². The van der Waals surface area contributed by atoms with E-state index in [9.17, 15) is 0 Å². The van der Waals surface area contributed by atoms with Gasteiger partial charge in [0, 0.05) is 0 Å². The summed E-state index contributed by atoms with van der Waals surface area (Å²) in [5.41, 5.74) is 11.0. The number of rotatable bonds is 6. The third-order valence-corrected chi connectivity index (χ3v) is 4.11. The van der Waals surface area contributed by atoms with Crippen molar-refractivity contribution in [3.05, 3.63) is 64.7 Å². The Kier molecular flexibility index (Phi) is 5.40. The first-order valence-electron chi connectivity index (χ1n) is 7.57. The van der Waals surface area contributed by atoms with E-state index in [4.69, 9.17) is 10.5 Å². The van der Waals surface area contributed by atoms with Gasteiger partial charge < -0.3 is 10.5 Å². The van der Waals surface area contributed by atoms with Crippen molar-refractivity contribution in [2.24, 2.45) is 5.73 Å². The van der Waals surface area contributed by atoms with Crippen LogP contribution in [0.3, 0.4) is 0 Å². The van der Waals surface area contributed by atoms with Crippen molar-refractivity contribution in [2.75, 3.05) is 13.2 Å². The van der Waals surface area contributed by atoms with Gasteiger partial charge in [0.15, 0.2) is 0 Å². The Morgan fingerprint density at radius 2 is 1.71 bits per heavy atom. The third-order valence-electron chi connectivity index (χ3n) is 4.11. The van der Waals surface area contributed by atoms with Gasteiger partial charge in [0.25, 0.3) is 0 Å². The first-order valence-corrected chi connectivity index (χ1v) is 7.57. The molecule has 112 valence electrons. The van der Waals surface area contributed by atoms with Crippen molar-refractivity contribution in [3.63, 3.8) is 0 Å². The molecule has 0 radical (unpaired) electrons. The molecule has 0 aliphatic carbocycles. The summed E-state index contributed by atoms with van der Waals surface area (Å²) >= 11 is 0. The second-order valence-electron chi connectivity index (χ2n) is 5.68. The molecule has 2 heteroatoms. The topological polar surface area (TPSA) is 35.2 Å². The van der Waals surface area contributed by atoms with Crippen LogP contribution in [0.25, 0.3) is 0 Å². The van der Waals surface area contributed by atoms with E-state index in [1.165, 1.54) is 22.3 Å². The highest BCUT2D eigenvalue weighted by molar-refractivity contribution is 5.38. The molecule has 21 heavy (non-hydrogen) atoms. The van der Waals surface area contributed by atoms with Crippen LogP contribution >= 0.6 is 0 Å². The molecule has 2 aromatic carbocycles. The highest BCUT2D eigenvalue weighted by atomic mass is 16.5. The molecule has 2 N–H and O–H groups in total. The van der Waals surface area contributed by atoms with Crippen molar-refractivity contribution >= 4 is 0 Å². The van der Waals surface area contributed by atoms with E-state index in [0.717, 1.165) is 12.2 Å². The lowest BCUT2D eigenvalue weighted by Crippen LogP contribution is -2.15. The highest BCUT2D eigenvalue weighted by Gasteiger charge is 2.10. The number of nitrogens with two attached hydrogens (primary N) is 1. The summed E-state index contributed by atoms with van der Waals surface area (Å²) in [6.45, 7) is 7.66. The molecular weight excluding hydrogens is 258 g/mol. The average molecular weight is 283 g/mol. The second kappa shape index (κ2) is 7.28. The summed E-state index contributed by atoms with van der Waals surface area (Å²) in [6, 6.07) is 14.8. The molecule has 0 aliphatic rings. The van der Waals surface area contributed by atoms with E-state index < -0.39 is 0 Å². The number of benzene rings is 2. The van der Waals surface area contributed by atoms with Crippen LogP contribution in [0.5, 0.6) is 5.75 Å². The maximum Gasteiger partial charge on any atom is 0.122 e. The van der Waals surface area contributed by atoms with Gasteiger partial charge >= 0.3 is 0 Å². The van der Waals surface area contributed by atoms with Gasteiger partial charge in [0.2, 0.25) is 0 Å². The first-order chi connectivity index (χ1) is 10.1. The number of hydrogen-bond acceptors (Lipinski definition) is 2. The summed E-state index contributed by atoms with van der Waals surface area (Å²) in [7, 11) is 0. The quantitative estimate of drug-likeness (QED) is 0.865. The van der Waals surface area contributed by atoms with Gasteiger partial charge in [-0.3, -0.25) is 0 Å². The Bertz CT molecular complexity index is 575. The molecule has 0 aromatic heterocycles. The van der Waals surface area contributed by atoms with Crippen LogP contribution in [0.1, 0.15) is 34.6 Å². The summed E-state index contributed by atoms with van der Waals surface area (Å²) < 4.78 is 5.94. The molecule has 0 saturated heterocycles. The predicted molar refractivity (Wildman–Crippen MR) is 89.0 cm³/mol. The van der Waals surface area contributed by atoms with Crippen molar-refractivity contribution in [1.82, 2.24) is 0 Å². The van der Waals surface area contributed by atoms with Crippen LogP contribution in [0.15, 0.2) is 42.5 Å². The fourth-order valence-electron chi connectivity index (χ4n) is 2.45. The number of aryl methyl sites for hydroxylation is 2. The van der Waals surface area contributed by atoms with E-state index in [-0.39, 0.29) is 0 Å². The Labute approximate surface area is 127 Å². The fourth-order valence-corrected chi connectivity index (χ4v) is 2.45. The average Bonchev–Trinajstić information content (AvgIpc) is 2.49. The summed E-state index contributed by atoms with van der Waals surface area (Å²) in [5, 5.41) is 0. The molecule has 0 heterocycles. The lowest BCUT2D eigenvalue weighted by molar-refractivity contribution is 0.296. The van der Waals surface area contributed by atoms with Crippen molar-refractivity contribution in [2.45, 2.75) is 33.1 Å². The molecule has 0 bridgehead atoms. The van der Waals surface area contributed by atoms with Gasteiger partial charge in [-0.25, -0.2) is 0 Å². The Hall–Kier alpha value is -1.80. The molecule has 1 unspecified atom stereocenters. The van der Waals surface area contributed by atoms with Gasteiger partial charge in [-0.2, -0.15) is 0 Å². The van der Waals surface area contributed by atoms with Gasteiger partial charge in [-0.05, 0) is 62.4 Å². The lowest BCUT2D eigenvalue weighted by Gasteiger charge is -2.17. The van der Waals surface area contributed by atoms with Gasteiger partial charge in [0.1, 0.15) is 5.75 Å². The van der Waals surface area contributed by atoms with Crippen LogP contribution < -0.4 is 10.5 Å². The van der Waals surface area contributed by atoms with E-state index >= 15 is 0 Å². The van der Waals surface area contributed by atoms with Crippen molar-refractivity contribution in [1.29, 1.82) is 0 Å². The zero-order valence-electron chi connectivity index (χ0n) is 13.2. The SMILES string of the molecule is Cc1ccc(C(CN)CCOc2cccc(C)c2C)cc1. The van der Waals surface area contributed by atoms with E-state index in [1.54, 1.807) is 0 Å². The second-order valence-corrected chi connectivity index (χ2v) is 5.68. The molecule has 2 aromatic rings. The van der Waals surface area contributed by atoms with Crippen LogP contribution in [0.2, 0.25) is 0 Å². The Morgan fingerprint density at radius 1 is 1.00 bits per heavy atom. The number of ether oxygens (including phenoxy) is 1. The number of hydrogen-bond donors (Lipinski definition) is 1. The zero-order valence-corrected chi connectivity index (χ0v) is 13.2. The fraction of sp³-hybridized carbons (Fsp3) is 0.368. The van der Waals surface area contributed by atoms with Crippen LogP contribution in [-0.2, 0) is 0 Å². The summed E-state index contributed by atoms with van der Waals surface area (Å²) in [6.07, 6.45) is 0.937. The standard InChI is InChI=1S/C19H25NO/c1-14-7-9-17(10-8-14)18(13-20)11-12-21-19-6-4-5-15(2)16(19)3/h4-10,18H,11-13,20H2,1-3H3. The Balaban J connectivity index is 1.94. The minimum Gasteiger partial charge on any atom is -0.493 e. The van der Waals surface area contributed by atoms with Crippen molar-refractivity contribution in [3.8, 4) is 5.75 Å². The maximum absolute atomic E-state index is 5.94. The van der Waals surface area contributed by atoms with E-state index in [0.29, 0.717) is 19.1 Å². The molecule has 1 atom stereocenters. The minimum atomic E-state index is 0.357. The van der Waals surface area contributed by atoms with Gasteiger partial charge in [-0.1, -0.05) is 42.0 Å². The van der Waals surface area contributed by atoms with E-state index in [2.05, 4.69) is 51.1 Å². The summed E-state index contributed by atoms with van der Waals surface area (Å²) in [4.78, 5) is 0. The maximum atomic E-state index is 5.94. The zero-order chi connectivity index (χ0) is 15.2. The molecule has 0 amide bonds. The third kappa shape index (κ3) is 4.08. The molecular formula is C19H25NO. The highest BCUT2D eigenvalue weighted by Crippen LogP contribution is 2.23. The van der Waals surface area contributed by atoms with Crippen LogP contribution in [0, 0.1) is 20.8 Å². The Morgan fingerprint density at radius 3 is 2.38 bits per heavy atom. The van der Waals surface area contributed by atoms with Crippen LogP contribution in [-0.4, -0.2) is 13.2 Å². The summed E-state index contributed by atoms with van der Waals surface area (Å²) in [5.74, 6) is 1.34. The molecule has 0 spiro atoms. The first kappa shape index (κ1) is 15.6. The smallest absolute Gasteiger partial charge is 0.122 e. The monoisotopic (exact) mass is 283 g/mol.